The lowest BCUT2D eigenvalue weighted by Crippen LogP contribution is -2.57. The van der Waals surface area contributed by atoms with Gasteiger partial charge in [-0.2, -0.15) is 0 Å². The highest BCUT2D eigenvalue weighted by atomic mass is 32.2. The number of nitrogens with zero attached hydrogens (tertiary/aromatic N) is 2. The fourth-order valence-corrected chi connectivity index (χ4v) is 8.24. The molecule has 0 aromatic heterocycles. The van der Waals surface area contributed by atoms with Crippen LogP contribution in [0.1, 0.15) is 51.0 Å². The zero-order valence-electron chi connectivity index (χ0n) is 21.4. The Balaban J connectivity index is 1.42. The summed E-state index contributed by atoms with van der Waals surface area (Å²) in [6.07, 6.45) is 6.69. The predicted octanol–water partition coefficient (Wildman–Crippen LogP) is 3.58. The van der Waals surface area contributed by atoms with E-state index in [2.05, 4.69) is 71.1 Å². The molecule has 1 aromatic rings. The zero-order valence-corrected chi connectivity index (χ0v) is 22.2. The van der Waals surface area contributed by atoms with E-state index in [4.69, 9.17) is 4.99 Å². The van der Waals surface area contributed by atoms with Crippen LogP contribution in [0.4, 0.5) is 0 Å². The van der Waals surface area contributed by atoms with E-state index >= 15 is 0 Å². The van der Waals surface area contributed by atoms with Gasteiger partial charge in [-0.15, -0.1) is 0 Å². The first-order valence-corrected chi connectivity index (χ1v) is 14.4. The maximum atomic E-state index is 14.5. The lowest BCUT2D eigenvalue weighted by atomic mass is 9.72. The van der Waals surface area contributed by atoms with Crippen LogP contribution in [-0.4, -0.2) is 67.0 Å². The number of thioether (sulfide) groups is 1. The maximum absolute atomic E-state index is 14.5. The van der Waals surface area contributed by atoms with Crippen molar-refractivity contribution in [1.82, 2.24) is 20.9 Å². The second-order valence-electron chi connectivity index (χ2n) is 10.7. The van der Waals surface area contributed by atoms with Crippen molar-refractivity contribution in [3.05, 3.63) is 47.7 Å². The van der Waals surface area contributed by atoms with Crippen molar-refractivity contribution in [2.24, 2.45) is 22.2 Å². The van der Waals surface area contributed by atoms with Gasteiger partial charge >= 0.3 is 0 Å². The van der Waals surface area contributed by atoms with Gasteiger partial charge in [0.1, 0.15) is 0 Å². The minimum absolute atomic E-state index is 0.0237. The molecule has 190 valence electrons. The molecule has 1 aromatic carbocycles. The van der Waals surface area contributed by atoms with Gasteiger partial charge in [-0.1, -0.05) is 68.8 Å². The second-order valence-corrected chi connectivity index (χ2v) is 11.8. The van der Waals surface area contributed by atoms with Crippen LogP contribution in [0.25, 0.3) is 0 Å². The van der Waals surface area contributed by atoms with Crippen LogP contribution in [0.3, 0.4) is 0 Å². The van der Waals surface area contributed by atoms with E-state index in [-0.39, 0.29) is 16.6 Å². The lowest BCUT2D eigenvalue weighted by Gasteiger charge is -2.47. The average Bonchev–Trinajstić information content (AvgIpc) is 3.29. The van der Waals surface area contributed by atoms with Crippen LogP contribution in [0.15, 0.2) is 47.1 Å². The molecule has 0 radical (unpaired) electrons. The summed E-state index contributed by atoms with van der Waals surface area (Å²) in [5, 5.41) is 11.7. The summed E-state index contributed by atoms with van der Waals surface area (Å²) in [5.41, 5.74) is 2.38. The average molecular weight is 496 g/mol. The SMILES string of the molecule is CCC(CC)[C@@H]1C[C@H](c2ccccc2)CCN1C(=O)[C@@H]1CNC[C@]12CNCC1=C[C@H]2SC(NC)=N1. The smallest absolute Gasteiger partial charge is 0.227 e. The van der Waals surface area contributed by atoms with Crippen molar-refractivity contribution in [3.8, 4) is 0 Å². The Kier molecular flexibility index (Phi) is 7.56. The van der Waals surface area contributed by atoms with Crippen molar-refractivity contribution in [2.75, 3.05) is 39.8 Å². The molecule has 7 heteroatoms. The Bertz CT molecular complexity index is 961. The van der Waals surface area contributed by atoms with Crippen molar-refractivity contribution in [1.29, 1.82) is 0 Å². The van der Waals surface area contributed by atoms with Gasteiger partial charge in [0.2, 0.25) is 5.91 Å². The molecule has 4 aliphatic rings. The number of piperidine rings is 1. The fourth-order valence-electron chi connectivity index (χ4n) is 6.92. The molecule has 6 nitrogen and oxygen atoms in total. The molecule has 3 N–H and O–H groups in total. The first-order valence-electron chi connectivity index (χ1n) is 13.5. The van der Waals surface area contributed by atoms with Crippen molar-refractivity contribution in [3.63, 3.8) is 0 Å². The molecule has 0 unspecified atom stereocenters. The summed E-state index contributed by atoms with van der Waals surface area (Å²) in [6, 6.07) is 11.2. The van der Waals surface area contributed by atoms with Gasteiger partial charge in [0.25, 0.3) is 0 Å². The van der Waals surface area contributed by atoms with Crippen LogP contribution < -0.4 is 16.0 Å². The highest BCUT2D eigenvalue weighted by Gasteiger charge is 2.55. The number of hydrogen-bond acceptors (Lipinski definition) is 6. The third-order valence-corrected chi connectivity index (χ3v) is 10.3. The van der Waals surface area contributed by atoms with Gasteiger partial charge in [0.05, 0.1) is 11.6 Å². The number of rotatable bonds is 5. The monoisotopic (exact) mass is 495 g/mol. The molecule has 0 saturated carbocycles. The highest BCUT2D eigenvalue weighted by molar-refractivity contribution is 8.14. The third kappa shape index (κ3) is 4.67. The number of amides is 1. The van der Waals surface area contributed by atoms with Crippen LogP contribution in [0, 0.1) is 17.3 Å². The van der Waals surface area contributed by atoms with Crippen molar-refractivity contribution >= 4 is 22.8 Å². The van der Waals surface area contributed by atoms with E-state index in [1.807, 2.05) is 7.05 Å². The van der Waals surface area contributed by atoms with Gasteiger partial charge in [-0.3, -0.25) is 4.79 Å². The van der Waals surface area contributed by atoms with Crippen molar-refractivity contribution in [2.45, 2.75) is 56.7 Å². The Morgan fingerprint density at radius 2 is 2.00 bits per heavy atom. The van der Waals surface area contributed by atoms with E-state index in [9.17, 15) is 4.79 Å². The molecule has 2 fully saturated rings. The van der Waals surface area contributed by atoms with Gasteiger partial charge in [-0.25, -0.2) is 4.99 Å². The molecular formula is C28H41N5OS. The topological polar surface area (TPSA) is 68.8 Å². The molecule has 2 saturated heterocycles. The van der Waals surface area contributed by atoms with Crippen molar-refractivity contribution < 1.29 is 4.79 Å². The number of carbonyl (C=O) groups excluding carboxylic acids is 1. The van der Waals surface area contributed by atoms with Crippen LogP contribution in [0.2, 0.25) is 0 Å². The number of benzene rings is 1. The molecule has 1 spiro atoms. The molecule has 1 amide bonds. The Morgan fingerprint density at radius 1 is 1.23 bits per heavy atom. The van der Waals surface area contributed by atoms with Gasteiger partial charge in [0, 0.05) is 56.5 Å². The summed E-state index contributed by atoms with van der Waals surface area (Å²) in [6.45, 7) is 8.69. The molecular weight excluding hydrogens is 454 g/mol. The summed E-state index contributed by atoms with van der Waals surface area (Å²) in [5.74, 6) is 1.42. The number of carbonyl (C=O) groups is 1. The molecule has 35 heavy (non-hydrogen) atoms. The molecule has 5 rings (SSSR count). The number of nitrogens with one attached hydrogen (secondary N) is 3. The number of amidine groups is 1. The summed E-state index contributed by atoms with van der Waals surface area (Å²) >= 11 is 1.79. The Labute approximate surface area is 214 Å². The van der Waals surface area contributed by atoms with E-state index in [1.165, 1.54) is 5.56 Å². The predicted molar refractivity (Wildman–Crippen MR) is 146 cm³/mol. The second kappa shape index (κ2) is 10.7. The van der Waals surface area contributed by atoms with E-state index in [1.54, 1.807) is 11.8 Å². The number of hydrogen-bond donors (Lipinski definition) is 3. The third-order valence-electron chi connectivity index (χ3n) is 8.95. The van der Waals surface area contributed by atoms with Crippen LogP contribution in [-0.2, 0) is 4.79 Å². The number of fused-ring (bicyclic) bond motifs is 2. The normalized spacial score (nSPS) is 32.9. The molecule has 4 heterocycles. The summed E-state index contributed by atoms with van der Waals surface area (Å²) in [4.78, 5) is 21.5. The summed E-state index contributed by atoms with van der Waals surface area (Å²) < 4.78 is 0. The summed E-state index contributed by atoms with van der Waals surface area (Å²) in [7, 11) is 1.94. The number of likely N-dealkylation sites (tertiary alicyclic amines) is 1. The molecule has 5 atom stereocenters. The molecule has 4 aliphatic heterocycles. The minimum atomic E-state index is -0.143. The molecule has 0 aliphatic carbocycles. The largest absolute Gasteiger partial charge is 0.368 e. The quantitative estimate of drug-likeness (QED) is 0.583. The van der Waals surface area contributed by atoms with Crippen LogP contribution >= 0.6 is 11.8 Å². The van der Waals surface area contributed by atoms with Gasteiger partial charge < -0.3 is 20.9 Å². The van der Waals surface area contributed by atoms with E-state index in [0.29, 0.717) is 23.8 Å². The lowest BCUT2D eigenvalue weighted by molar-refractivity contribution is -0.143. The van der Waals surface area contributed by atoms with Gasteiger partial charge in [-0.05, 0) is 36.3 Å². The van der Waals surface area contributed by atoms with Gasteiger partial charge in [0.15, 0.2) is 5.17 Å². The highest BCUT2D eigenvalue weighted by Crippen LogP contribution is 2.47. The van der Waals surface area contributed by atoms with E-state index < -0.39 is 0 Å². The minimum Gasteiger partial charge on any atom is -0.368 e. The maximum Gasteiger partial charge on any atom is 0.227 e. The van der Waals surface area contributed by atoms with E-state index in [0.717, 1.165) is 69.3 Å². The Hall–Kier alpha value is -1.83. The molecule has 2 bridgehead atoms. The van der Waals surface area contributed by atoms with Crippen LogP contribution in [0.5, 0.6) is 0 Å². The Morgan fingerprint density at radius 3 is 2.74 bits per heavy atom. The standard InChI is InChI=1S/C28H41N5OS/c1-4-19(5-2)24-13-21(20-9-7-6-8-10-20)11-12-33(24)26(34)23-16-31-18-28(23)17-30-15-22-14-25(28)35-27(29-3)32-22/h6-10,14,19,21,23-25,30-31H,4-5,11-13,15-18H2,1-3H3,(H,29,32)/t21-,23+,24+,25-,28-/m1/s1. The zero-order chi connectivity index (χ0) is 24.4. The first-order chi connectivity index (χ1) is 17.1. The first kappa shape index (κ1) is 24.8. The fraction of sp³-hybridized carbons (Fsp3) is 0.643. The number of aliphatic imine (C=N–C) groups is 1.